The van der Waals surface area contributed by atoms with Crippen molar-refractivity contribution in [2.75, 3.05) is 18.8 Å². The van der Waals surface area contributed by atoms with E-state index in [9.17, 15) is 9.59 Å². The number of nitrogens with zero attached hydrogens (tertiary/aromatic N) is 1. The molecular formula is C18H22BrN3O3S. The second-order valence-corrected chi connectivity index (χ2v) is 7.44. The van der Waals surface area contributed by atoms with E-state index < -0.39 is 5.91 Å². The Morgan fingerprint density at radius 3 is 2.42 bits per heavy atom. The zero-order valence-electron chi connectivity index (χ0n) is 14.8. The van der Waals surface area contributed by atoms with Crippen LogP contribution in [0.2, 0.25) is 0 Å². The molecule has 2 N–H and O–H groups in total. The number of carbonyl (C=O) groups excluding carboxylic acids is 2. The van der Waals surface area contributed by atoms with Crippen molar-refractivity contribution in [3.05, 3.63) is 52.4 Å². The summed E-state index contributed by atoms with van der Waals surface area (Å²) in [6.45, 7) is 6.61. The molecule has 6 nitrogen and oxygen atoms in total. The molecule has 0 spiro atoms. The van der Waals surface area contributed by atoms with Gasteiger partial charge in [0.1, 0.15) is 5.76 Å². The van der Waals surface area contributed by atoms with Crippen LogP contribution >= 0.6 is 27.7 Å². The fraction of sp³-hybridized carbons (Fsp3) is 0.333. The van der Waals surface area contributed by atoms with Crippen LogP contribution in [0.1, 0.15) is 30.2 Å². The largest absolute Gasteiger partial charge is 0.454 e. The predicted molar refractivity (Wildman–Crippen MR) is 106 cm³/mol. The normalized spacial score (nSPS) is 10.8. The topological polar surface area (TPSA) is 74.6 Å². The summed E-state index contributed by atoms with van der Waals surface area (Å²) in [6, 6.07) is 11.0. The van der Waals surface area contributed by atoms with Crippen molar-refractivity contribution in [2.45, 2.75) is 25.3 Å². The molecule has 0 fully saturated rings. The molecule has 0 atom stereocenters. The zero-order chi connectivity index (χ0) is 18.9. The number of hydrazine groups is 1. The molecule has 0 saturated carbocycles. The lowest BCUT2D eigenvalue weighted by Gasteiger charge is -2.15. The van der Waals surface area contributed by atoms with Gasteiger partial charge in [-0.15, -0.1) is 11.8 Å². The molecule has 1 aromatic carbocycles. The highest BCUT2D eigenvalue weighted by molar-refractivity contribution is 9.10. The van der Waals surface area contributed by atoms with Gasteiger partial charge in [0.05, 0.1) is 12.3 Å². The molecule has 0 bridgehead atoms. The van der Waals surface area contributed by atoms with E-state index in [1.807, 2.05) is 24.3 Å². The van der Waals surface area contributed by atoms with E-state index in [1.165, 1.54) is 11.8 Å². The number of amides is 2. The van der Waals surface area contributed by atoms with E-state index in [-0.39, 0.29) is 17.4 Å². The summed E-state index contributed by atoms with van der Waals surface area (Å²) >= 11 is 4.75. The smallest absolute Gasteiger partial charge is 0.305 e. The SMILES string of the molecule is CCN(CC)Cc1ccc(C(=O)NNC(=O)CSc2ccc(Br)cc2)o1. The molecule has 0 aliphatic heterocycles. The van der Waals surface area contributed by atoms with E-state index in [0.717, 1.165) is 28.2 Å². The minimum Gasteiger partial charge on any atom is -0.454 e. The van der Waals surface area contributed by atoms with Gasteiger partial charge in [0.15, 0.2) is 5.76 Å². The van der Waals surface area contributed by atoms with Gasteiger partial charge in [0.25, 0.3) is 0 Å². The first-order valence-corrected chi connectivity index (χ1v) is 10.1. The first-order valence-electron chi connectivity index (χ1n) is 8.30. The second kappa shape index (κ2) is 10.4. The Bertz CT molecular complexity index is 730. The first-order chi connectivity index (χ1) is 12.5. The Kier molecular flexibility index (Phi) is 8.21. The van der Waals surface area contributed by atoms with E-state index >= 15 is 0 Å². The lowest BCUT2D eigenvalue weighted by atomic mass is 10.4. The fourth-order valence-electron chi connectivity index (χ4n) is 2.16. The van der Waals surface area contributed by atoms with Gasteiger partial charge in [-0.05, 0) is 49.5 Å². The molecule has 0 radical (unpaired) electrons. The number of benzene rings is 1. The van der Waals surface area contributed by atoms with Crippen LogP contribution in [0.4, 0.5) is 0 Å². The summed E-state index contributed by atoms with van der Waals surface area (Å²) < 4.78 is 6.52. The number of furan rings is 1. The molecule has 2 rings (SSSR count). The Morgan fingerprint density at radius 2 is 1.77 bits per heavy atom. The van der Waals surface area contributed by atoms with E-state index in [2.05, 4.69) is 45.5 Å². The van der Waals surface area contributed by atoms with Gasteiger partial charge < -0.3 is 4.42 Å². The van der Waals surface area contributed by atoms with Crippen molar-refractivity contribution in [2.24, 2.45) is 0 Å². The first kappa shape index (κ1) is 20.5. The Balaban J connectivity index is 1.76. The van der Waals surface area contributed by atoms with E-state index in [1.54, 1.807) is 12.1 Å². The third kappa shape index (κ3) is 6.51. The van der Waals surface area contributed by atoms with Crippen molar-refractivity contribution in [3.8, 4) is 0 Å². The molecule has 26 heavy (non-hydrogen) atoms. The summed E-state index contributed by atoms with van der Waals surface area (Å²) in [5.74, 6) is 0.329. The highest BCUT2D eigenvalue weighted by Gasteiger charge is 2.13. The monoisotopic (exact) mass is 439 g/mol. The lowest BCUT2D eigenvalue weighted by molar-refractivity contribution is -0.119. The second-order valence-electron chi connectivity index (χ2n) is 5.47. The number of thioether (sulfide) groups is 1. The molecular weight excluding hydrogens is 418 g/mol. The number of nitrogens with one attached hydrogen (secondary N) is 2. The number of rotatable bonds is 8. The van der Waals surface area contributed by atoms with Crippen LogP contribution in [0.25, 0.3) is 0 Å². The van der Waals surface area contributed by atoms with Crippen molar-refractivity contribution >= 4 is 39.5 Å². The Labute approximate surface area is 165 Å². The van der Waals surface area contributed by atoms with Crippen molar-refractivity contribution in [3.63, 3.8) is 0 Å². The van der Waals surface area contributed by atoms with Crippen LogP contribution in [0.5, 0.6) is 0 Å². The Hall–Kier alpha value is -1.77. The van der Waals surface area contributed by atoms with Gasteiger partial charge in [-0.3, -0.25) is 25.3 Å². The molecule has 0 aliphatic carbocycles. The molecule has 8 heteroatoms. The summed E-state index contributed by atoms with van der Waals surface area (Å²) in [5, 5.41) is 0. The van der Waals surface area contributed by atoms with Crippen molar-refractivity contribution in [1.29, 1.82) is 0 Å². The van der Waals surface area contributed by atoms with E-state index in [0.29, 0.717) is 6.54 Å². The van der Waals surface area contributed by atoms with Gasteiger partial charge in [-0.25, -0.2) is 0 Å². The minimum absolute atomic E-state index is 0.174. The van der Waals surface area contributed by atoms with Crippen molar-refractivity contribution in [1.82, 2.24) is 15.8 Å². The molecule has 0 aliphatic rings. The van der Waals surface area contributed by atoms with E-state index in [4.69, 9.17) is 4.42 Å². The third-order valence-corrected chi connectivity index (χ3v) is 5.20. The van der Waals surface area contributed by atoms with Gasteiger partial charge in [-0.1, -0.05) is 29.8 Å². The number of hydrogen-bond donors (Lipinski definition) is 2. The van der Waals surface area contributed by atoms with Gasteiger partial charge in [-0.2, -0.15) is 0 Å². The molecule has 2 amide bonds. The standard InChI is InChI=1S/C18H22BrN3O3S/c1-3-22(4-2)11-14-7-10-16(25-14)18(24)21-20-17(23)12-26-15-8-5-13(19)6-9-15/h5-10H,3-4,11-12H2,1-2H3,(H,20,23)(H,21,24). The average molecular weight is 440 g/mol. The molecule has 0 saturated heterocycles. The summed E-state index contributed by atoms with van der Waals surface area (Å²) in [7, 11) is 0. The highest BCUT2D eigenvalue weighted by atomic mass is 79.9. The summed E-state index contributed by atoms with van der Waals surface area (Å²) in [6.07, 6.45) is 0. The third-order valence-electron chi connectivity index (χ3n) is 3.66. The average Bonchev–Trinajstić information content (AvgIpc) is 3.12. The van der Waals surface area contributed by atoms with Gasteiger partial charge >= 0.3 is 5.91 Å². The van der Waals surface area contributed by atoms with Crippen LogP contribution in [0.3, 0.4) is 0 Å². The lowest BCUT2D eigenvalue weighted by Crippen LogP contribution is -2.42. The van der Waals surface area contributed by atoms with Crippen LogP contribution in [-0.4, -0.2) is 35.6 Å². The number of halogens is 1. The zero-order valence-corrected chi connectivity index (χ0v) is 17.2. The van der Waals surface area contributed by atoms with Crippen LogP contribution in [0.15, 0.2) is 50.2 Å². The predicted octanol–water partition coefficient (Wildman–Crippen LogP) is 3.44. The molecule has 1 heterocycles. The number of carbonyl (C=O) groups is 2. The maximum atomic E-state index is 12.1. The molecule has 1 aromatic heterocycles. The van der Waals surface area contributed by atoms with Crippen molar-refractivity contribution < 1.29 is 14.0 Å². The molecule has 0 unspecified atom stereocenters. The fourth-order valence-corrected chi connectivity index (χ4v) is 3.12. The van der Waals surface area contributed by atoms with Crippen LogP contribution in [-0.2, 0) is 11.3 Å². The quantitative estimate of drug-likeness (QED) is 0.486. The minimum atomic E-state index is -0.474. The summed E-state index contributed by atoms with van der Waals surface area (Å²) in [5.41, 5.74) is 4.77. The Morgan fingerprint density at radius 1 is 1.08 bits per heavy atom. The number of hydrogen-bond acceptors (Lipinski definition) is 5. The highest BCUT2D eigenvalue weighted by Crippen LogP contribution is 2.20. The van der Waals surface area contributed by atoms with Crippen LogP contribution in [0, 0.1) is 0 Å². The molecule has 140 valence electrons. The maximum Gasteiger partial charge on any atom is 0.305 e. The molecule has 2 aromatic rings. The maximum absolute atomic E-state index is 12.1. The summed E-state index contributed by atoms with van der Waals surface area (Å²) in [4.78, 5) is 27.1. The van der Waals surface area contributed by atoms with Gasteiger partial charge in [0, 0.05) is 9.37 Å². The van der Waals surface area contributed by atoms with Crippen LogP contribution < -0.4 is 10.9 Å². The van der Waals surface area contributed by atoms with Gasteiger partial charge in [0.2, 0.25) is 5.91 Å².